The Morgan fingerprint density at radius 1 is 1.39 bits per heavy atom. The molecular weight excluding hydrogens is 422 g/mol. The zero-order valence-corrected chi connectivity index (χ0v) is 17.8. The van der Waals surface area contributed by atoms with Crippen LogP contribution in [-0.2, 0) is 18.6 Å². The maximum atomic E-state index is 10.8. The number of nitrogens with one attached hydrogen (secondary N) is 1. The van der Waals surface area contributed by atoms with Crippen LogP contribution in [0.4, 0.5) is 0 Å². The van der Waals surface area contributed by atoms with E-state index in [-0.39, 0.29) is 11.5 Å². The average molecular weight is 444 g/mol. The van der Waals surface area contributed by atoms with E-state index in [9.17, 15) is 10.1 Å². The number of aryl methyl sites for hydroxylation is 1. The molecule has 0 aromatic carbocycles. The van der Waals surface area contributed by atoms with Crippen molar-refractivity contribution in [3.05, 3.63) is 51.1 Å². The number of thioether (sulfide) groups is 2. The van der Waals surface area contributed by atoms with Crippen molar-refractivity contribution in [1.29, 1.82) is 0 Å². The molecule has 0 spiro atoms. The molecule has 0 aliphatic carbocycles. The lowest BCUT2D eigenvalue weighted by molar-refractivity contribution is -0.463. The molecular formula is C16H22ClN7O2S2. The third kappa shape index (κ3) is 8.89. The zero-order chi connectivity index (χ0) is 20.2. The van der Waals surface area contributed by atoms with Gasteiger partial charge in [-0.1, -0.05) is 11.6 Å². The first-order valence-electron chi connectivity index (χ1n) is 8.53. The van der Waals surface area contributed by atoms with Gasteiger partial charge in [0.05, 0.1) is 29.2 Å². The van der Waals surface area contributed by atoms with Crippen LogP contribution in [0, 0.1) is 10.1 Å². The number of hydrogen-bond acceptors (Lipinski definition) is 8. The predicted molar refractivity (Wildman–Crippen MR) is 115 cm³/mol. The SMILES string of the molecule is Cn1ncc(CSCCNC(C[N+](=O)[O-])=NCCSCc2ncccc2Cl)n1. The number of nitro groups is 1. The highest BCUT2D eigenvalue weighted by atomic mass is 35.5. The van der Waals surface area contributed by atoms with E-state index >= 15 is 0 Å². The van der Waals surface area contributed by atoms with E-state index in [1.165, 1.54) is 4.80 Å². The number of aromatic nitrogens is 4. The fourth-order valence-corrected chi connectivity index (χ4v) is 3.91. The molecule has 28 heavy (non-hydrogen) atoms. The van der Waals surface area contributed by atoms with Crippen LogP contribution in [0.15, 0.2) is 29.5 Å². The van der Waals surface area contributed by atoms with Crippen molar-refractivity contribution in [3.63, 3.8) is 0 Å². The number of amidine groups is 1. The number of hydrogen-bond donors (Lipinski definition) is 1. The molecule has 12 heteroatoms. The molecule has 0 saturated heterocycles. The molecule has 0 aliphatic rings. The summed E-state index contributed by atoms with van der Waals surface area (Å²) in [7, 11) is 1.78. The summed E-state index contributed by atoms with van der Waals surface area (Å²) in [6.45, 7) is 0.803. The van der Waals surface area contributed by atoms with Gasteiger partial charge in [-0.15, -0.1) is 0 Å². The van der Waals surface area contributed by atoms with E-state index in [4.69, 9.17) is 11.6 Å². The van der Waals surface area contributed by atoms with E-state index in [2.05, 4.69) is 25.5 Å². The van der Waals surface area contributed by atoms with Crippen molar-refractivity contribution < 1.29 is 4.92 Å². The topological polar surface area (TPSA) is 111 Å². The van der Waals surface area contributed by atoms with Crippen LogP contribution < -0.4 is 5.32 Å². The van der Waals surface area contributed by atoms with Crippen LogP contribution in [0.3, 0.4) is 0 Å². The van der Waals surface area contributed by atoms with Crippen molar-refractivity contribution in [2.75, 3.05) is 31.1 Å². The van der Waals surface area contributed by atoms with Crippen LogP contribution in [-0.4, -0.2) is 61.9 Å². The molecule has 2 aromatic rings. The van der Waals surface area contributed by atoms with Gasteiger partial charge < -0.3 is 5.32 Å². The van der Waals surface area contributed by atoms with E-state index in [0.29, 0.717) is 29.7 Å². The molecule has 0 unspecified atom stereocenters. The third-order valence-electron chi connectivity index (χ3n) is 3.36. The highest BCUT2D eigenvalue weighted by Crippen LogP contribution is 2.18. The molecule has 0 fully saturated rings. The Morgan fingerprint density at radius 3 is 2.93 bits per heavy atom. The predicted octanol–water partition coefficient (Wildman–Crippen LogP) is 2.29. The Balaban J connectivity index is 1.66. The number of nitrogens with zero attached hydrogens (tertiary/aromatic N) is 6. The van der Waals surface area contributed by atoms with Crippen LogP contribution in [0.5, 0.6) is 0 Å². The molecule has 2 rings (SSSR count). The lowest BCUT2D eigenvalue weighted by atomic mass is 10.4. The number of pyridine rings is 1. The van der Waals surface area contributed by atoms with E-state index in [1.807, 2.05) is 6.07 Å². The summed E-state index contributed by atoms with van der Waals surface area (Å²) >= 11 is 9.40. The lowest BCUT2D eigenvalue weighted by Gasteiger charge is -2.07. The monoisotopic (exact) mass is 443 g/mol. The maximum absolute atomic E-state index is 10.8. The molecule has 0 amide bonds. The summed E-state index contributed by atoms with van der Waals surface area (Å²) in [5.41, 5.74) is 1.75. The lowest BCUT2D eigenvalue weighted by Crippen LogP contribution is -2.32. The maximum Gasteiger partial charge on any atom is 0.259 e. The second-order valence-corrected chi connectivity index (χ2v) is 8.23. The smallest absolute Gasteiger partial charge is 0.259 e. The Kier molecular flexibility index (Phi) is 10.1. The fourth-order valence-electron chi connectivity index (χ4n) is 2.12. The largest absolute Gasteiger partial charge is 0.368 e. The van der Waals surface area contributed by atoms with Crippen molar-refractivity contribution in [2.45, 2.75) is 11.5 Å². The van der Waals surface area contributed by atoms with Crippen molar-refractivity contribution in [3.8, 4) is 0 Å². The van der Waals surface area contributed by atoms with Gasteiger partial charge in [-0.2, -0.15) is 38.5 Å². The highest BCUT2D eigenvalue weighted by molar-refractivity contribution is 7.98. The number of rotatable bonds is 12. The molecule has 0 radical (unpaired) electrons. The van der Waals surface area contributed by atoms with Gasteiger partial charge in [-0.3, -0.25) is 20.1 Å². The van der Waals surface area contributed by atoms with E-state index in [0.717, 1.165) is 28.6 Å². The summed E-state index contributed by atoms with van der Waals surface area (Å²) in [6, 6.07) is 3.60. The average Bonchev–Trinajstić information content (AvgIpc) is 3.07. The quantitative estimate of drug-likeness (QED) is 0.175. The van der Waals surface area contributed by atoms with Crippen molar-refractivity contribution >= 4 is 41.0 Å². The summed E-state index contributed by atoms with van der Waals surface area (Å²) in [6.07, 6.45) is 3.44. The first-order valence-corrected chi connectivity index (χ1v) is 11.2. The molecule has 0 bridgehead atoms. The third-order valence-corrected chi connectivity index (χ3v) is 5.65. The summed E-state index contributed by atoms with van der Waals surface area (Å²) in [4.78, 5) is 20.5. The minimum atomic E-state index is -0.376. The fraction of sp³-hybridized carbons (Fsp3) is 0.500. The summed E-state index contributed by atoms with van der Waals surface area (Å²) < 4.78 is 0. The van der Waals surface area contributed by atoms with Crippen LogP contribution in [0.25, 0.3) is 0 Å². The Bertz CT molecular complexity index is 788. The van der Waals surface area contributed by atoms with Gasteiger partial charge in [0.25, 0.3) is 6.54 Å². The summed E-state index contributed by atoms with van der Waals surface area (Å²) in [5.74, 6) is 3.37. The second-order valence-electron chi connectivity index (χ2n) is 5.61. The molecule has 0 aliphatic heterocycles. The van der Waals surface area contributed by atoms with Gasteiger partial charge in [0.15, 0.2) is 5.84 Å². The molecule has 1 N–H and O–H groups in total. The van der Waals surface area contributed by atoms with Gasteiger partial charge in [0.2, 0.25) is 0 Å². The molecule has 2 heterocycles. The molecule has 9 nitrogen and oxygen atoms in total. The van der Waals surface area contributed by atoms with Crippen LogP contribution >= 0.6 is 35.1 Å². The van der Waals surface area contributed by atoms with Crippen molar-refractivity contribution in [1.82, 2.24) is 25.3 Å². The highest BCUT2D eigenvalue weighted by Gasteiger charge is 2.07. The normalized spacial score (nSPS) is 11.6. The number of aliphatic imine (C=N–C) groups is 1. The zero-order valence-electron chi connectivity index (χ0n) is 15.5. The first kappa shape index (κ1) is 22.4. The Labute approximate surface area is 176 Å². The van der Waals surface area contributed by atoms with Gasteiger partial charge in [0.1, 0.15) is 0 Å². The minimum absolute atomic E-state index is 0.300. The second kappa shape index (κ2) is 12.6. The van der Waals surface area contributed by atoms with Gasteiger partial charge in [-0.05, 0) is 12.1 Å². The van der Waals surface area contributed by atoms with E-state index in [1.54, 1.807) is 49.0 Å². The van der Waals surface area contributed by atoms with Crippen LogP contribution in [0.1, 0.15) is 11.4 Å². The van der Waals surface area contributed by atoms with Crippen molar-refractivity contribution in [2.24, 2.45) is 12.0 Å². The molecule has 2 aromatic heterocycles. The first-order chi connectivity index (χ1) is 13.5. The van der Waals surface area contributed by atoms with Gasteiger partial charge in [0, 0.05) is 47.7 Å². The number of halogens is 1. The van der Waals surface area contributed by atoms with E-state index < -0.39 is 0 Å². The van der Waals surface area contributed by atoms with Gasteiger partial charge in [-0.25, -0.2) is 0 Å². The van der Waals surface area contributed by atoms with Crippen LogP contribution in [0.2, 0.25) is 5.02 Å². The van der Waals surface area contributed by atoms with Gasteiger partial charge >= 0.3 is 0 Å². The molecule has 0 atom stereocenters. The minimum Gasteiger partial charge on any atom is -0.368 e. The standard InChI is InChI=1S/C16H22ClN7O2S2/c1-23-21-9-13(22-23)11-27-7-5-19-16(10-24(25)26)20-6-8-28-12-15-14(17)3-2-4-18-15/h2-4,9H,5-8,10-12H2,1H3,(H,19,20). The Hall–Kier alpha value is -1.85. The Morgan fingerprint density at radius 2 is 2.21 bits per heavy atom. The summed E-state index contributed by atoms with van der Waals surface area (Å²) in [5, 5.41) is 22.8. The molecule has 152 valence electrons. The molecule has 0 saturated carbocycles.